The Morgan fingerprint density at radius 1 is 1.20 bits per heavy atom. The molecule has 2 aromatic rings. The van der Waals surface area contributed by atoms with Crippen molar-refractivity contribution in [1.29, 1.82) is 0 Å². The first-order valence-electron chi connectivity index (χ1n) is 12.2. The number of nitrogens with zero attached hydrogens (tertiary/aromatic N) is 4. The summed E-state index contributed by atoms with van der Waals surface area (Å²) >= 11 is 0. The van der Waals surface area contributed by atoms with Gasteiger partial charge in [-0.05, 0) is 48.7 Å². The number of hydrogen-bond donors (Lipinski definition) is 0. The lowest BCUT2D eigenvalue weighted by Crippen LogP contribution is -2.55. The minimum atomic E-state index is -4.05. The second kappa shape index (κ2) is 7.76. The molecule has 0 aliphatic carbocycles. The zero-order chi connectivity index (χ0) is 24.5. The molecule has 6 nitrogen and oxygen atoms in total. The topological polar surface area (TPSA) is 48.6 Å². The molecule has 1 atom stereocenters. The average Bonchev–Trinajstić information content (AvgIpc) is 3.38. The average molecular weight is 476 g/mol. The highest BCUT2D eigenvalue weighted by molar-refractivity contribution is 6.58. The molecule has 0 bridgehead atoms. The second-order valence-corrected chi connectivity index (χ2v) is 9.90. The molecule has 1 unspecified atom stereocenters. The monoisotopic (exact) mass is 476 g/mol. The van der Waals surface area contributed by atoms with Gasteiger partial charge in [-0.25, -0.2) is 0 Å². The van der Waals surface area contributed by atoms with Crippen molar-refractivity contribution in [2.75, 3.05) is 19.6 Å². The number of halogens is 2. The largest absolute Gasteiger partial charge is 0.737 e. The molecule has 180 valence electrons. The molecule has 2 amide bonds. The molecule has 35 heavy (non-hydrogen) atoms. The van der Waals surface area contributed by atoms with Crippen LogP contribution >= 0.6 is 0 Å². The van der Waals surface area contributed by atoms with Crippen molar-refractivity contribution in [3.8, 4) is 0 Å². The van der Waals surface area contributed by atoms with Crippen LogP contribution in [0.1, 0.15) is 47.0 Å². The fraction of sp³-hybridized carbons (Fsp3) is 0.346. The molecular formula is C26H27BF2N4O2. The van der Waals surface area contributed by atoms with Crippen LogP contribution in [0.25, 0.3) is 6.08 Å². The van der Waals surface area contributed by atoms with E-state index < -0.39 is 6.97 Å². The van der Waals surface area contributed by atoms with Crippen LogP contribution in [0.5, 0.6) is 0 Å². The third-order valence-corrected chi connectivity index (χ3v) is 7.81. The first-order chi connectivity index (χ1) is 16.8. The summed E-state index contributed by atoms with van der Waals surface area (Å²) in [6.45, 7) is 0.623. The second-order valence-electron chi connectivity index (χ2n) is 9.90. The Bertz CT molecular complexity index is 1370. The van der Waals surface area contributed by atoms with Crippen molar-refractivity contribution in [3.05, 3.63) is 76.3 Å². The summed E-state index contributed by atoms with van der Waals surface area (Å²) in [7, 11) is 0. The lowest BCUT2D eigenvalue weighted by atomic mass is 9.90. The first kappa shape index (κ1) is 22.0. The predicted molar refractivity (Wildman–Crippen MR) is 130 cm³/mol. The Balaban J connectivity index is 1.22. The maximum atomic E-state index is 15.6. The van der Waals surface area contributed by atoms with Crippen molar-refractivity contribution >= 4 is 30.6 Å². The van der Waals surface area contributed by atoms with Gasteiger partial charge in [-0.15, -0.1) is 0 Å². The maximum Gasteiger partial charge on any atom is 0.737 e. The number of carbonyl (C=O) groups excluding carboxylic acids is 2. The van der Waals surface area contributed by atoms with Gasteiger partial charge in [0.15, 0.2) is 5.70 Å². The molecule has 4 aliphatic rings. The van der Waals surface area contributed by atoms with Gasteiger partial charge in [0.1, 0.15) is 5.71 Å². The number of benzene rings is 1. The normalized spacial score (nSPS) is 22.0. The van der Waals surface area contributed by atoms with Crippen molar-refractivity contribution in [2.45, 2.75) is 39.2 Å². The van der Waals surface area contributed by atoms with Gasteiger partial charge in [-0.2, -0.15) is 0 Å². The minimum absolute atomic E-state index is 0.0445. The summed E-state index contributed by atoms with van der Waals surface area (Å²) in [6, 6.07) is 9.69. The van der Waals surface area contributed by atoms with E-state index in [0.717, 1.165) is 26.5 Å². The van der Waals surface area contributed by atoms with Gasteiger partial charge < -0.3 is 27.4 Å². The van der Waals surface area contributed by atoms with Crippen molar-refractivity contribution in [2.24, 2.45) is 0 Å². The van der Waals surface area contributed by atoms with Gasteiger partial charge in [0.05, 0.1) is 12.6 Å². The van der Waals surface area contributed by atoms with Gasteiger partial charge in [-0.1, -0.05) is 24.3 Å². The number of carbonyl (C=O) groups is 2. The Morgan fingerprint density at radius 2 is 2.00 bits per heavy atom. The number of rotatable bonds is 3. The van der Waals surface area contributed by atoms with Crippen molar-refractivity contribution in [1.82, 2.24) is 14.3 Å². The molecule has 9 heteroatoms. The molecule has 4 aliphatic heterocycles. The van der Waals surface area contributed by atoms with Gasteiger partial charge in [-0.3, -0.25) is 9.59 Å². The fourth-order valence-electron chi connectivity index (χ4n) is 6.15. The molecule has 1 fully saturated rings. The van der Waals surface area contributed by atoms with Crippen LogP contribution in [0, 0.1) is 13.8 Å². The van der Waals surface area contributed by atoms with Gasteiger partial charge in [0, 0.05) is 49.9 Å². The van der Waals surface area contributed by atoms with E-state index in [2.05, 4.69) is 6.07 Å². The van der Waals surface area contributed by atoms with Crippen LogP contribution in [-0.2, 0) is 16.0 Å². The van der Waals surface area contributed by atoms with Crippen LogP contribution < -0.4 is 0 Å². The van der Waals surface area contributed by atoms with Crippen molar-refractivity contribution < 1.29 is 22.7 Å². The molecule has 0 radical (unpaired) electrons. The standard InChI is InChI=1S/C26H27BF2N4O2/c1-17-13-18(2)32-23(17)14-21-8-7-20(33(21)27(32,28)29)9-10-25(34)30-15-24-22-6-4-3-5-19(22)11-12-31(24)26(35)16-30/h3-8,13-14,24H,9-12,15-16H2,1-2H3. The van der Waals surface area contributed by atoms with E-state index in [9.17, 15) is 9.59 Å². The van der Waals surface area contributed by atoms with E-state index in [0.29, 0.717) is 35.9 Å². The fourth-order valence-corrected chi connectivity index (χ4v) is 6.15. The van der Waals surface area contributed by atoms with Gasteiger partial charge in [0.25, 0.3) is 0 Å². The number of aromatic nitrogens is 1. The maximum absolute atomic E-state index is 15.6. The third-order valence-electron chi connectivity index (χ3n) is 7.81. The van der Waals surface area contributed by atoms with E-state index >= 15 is 8.63 Å². The Hall–Kier alpha value is -3.49. The molecule has 5 heterocycles. The number of fused-ring (bicyclic) bond motifs is 5. The van der Waals surface area contributed by atoms with Crippen LogP contribution in [0.4, 0.5) is 8.63 Å². The number of piperazine rings is 1. The summed E-state index contributed by atoms with van der Waals surface area (Å²) in [5, 5.41) is 0. The number of allylic oxidation sites excluding steroid dienone is 2. The molecule has 0 spiro atoms. The van der Waals surface area contributed by atoms with Crippen LogP contribution in [0.2, 0.25) is 0 Å². The molecule has 0 saturated carbocycles. The Morgan fingerprint density at radius 3 is 2.83 bits per heavy atom. The van der Waals surface area contributed by atoms with Crippen molar-refractivity contribution in [3.63, 3.8) is 0 Å². The zero-order valence-electron chi connectivity index (χ0n) is 19.9. The summed E-state index contributed by atoms with van der Waals surface area (Å²) in [5.74, 6) is -0.236. The van der Waals surface area contributed by atoms with E-state index in [1.807, 2.05) is 30.0 Å². The molecule has 1 aromatic heterocycles. The lowest BCUT2D eigenvalue weighted by molar-refractivity contribution is -0.362. The zero-order valence-corrected chi connectivity index (χ0v) is 19.9. The predicted octanol–water partition coefficient (Wildman–Crippen LogP) is 3.45. The van der Waals surface area contributed by atoms with Crippen LogP contribution in [0.3, 0.4) is 0 Å². The first-order valence-corrected chi connectivity index (χ1v) is 12.2. The van der Waals surface area contributed by atoms with Gasteiger partial charge >= 0.3 is 6.97 Å². The minimum Gasteiger partial charge on any atom is -0.394 e. The number of aryl methyl sites for hydroxylation is 2. The van der Waals surface area contributed by atoms with Crippen LogP contribution in [-0.4, -0.2) is 62.9 Å². The van der Waals surface area contributed by atoms with E-state index in [1.54, 1.807) is 36.1 Å². The molecule has 6 rings (SSSR count). The van der Waals surface area contributed by atoms with Crippen LogP contribution in [0.15, 0.2) is 48.2 Å². The Kier molecular flexibility index (Phi) is 4.88. The summed E-state index contributed by atoms with van der Waals surface area (Å²) < 4.78 is 33.5. The lowest BCUT2D eigenvalue weighted by Gasteiger charge is -2.44. The summed E-state index contributed by atoms with van der Waals surface area (Å²) in [5.41, 5.74) is 5.06. The number of hydrogen-bond acceptors (Lipinski definition) is 2. The highest BCUT2D eigenvalue weighted by Crippen LogP contribution is 2.35. The highest BCUT2D eigenvalue weighted by Gasteiger charge is 2.52. The SMILES string of the molecule is Cc1cc(C)n2c1C=C1C=CC(CCC(=O)N3CC(=O)N4CCc5ccccc5C4C3)=[N+]1[B-]2(F)F. The third kappa shape index (κ3) is 3.31. The quantitative estimate of drug-likeness (QED) is 0.638. The molecule has 0 N–H and O–H groups in total. The highest BCUT2D eigenvalue weighted by atomic mass is 19.2. The number of amides is 2. The Labute approximate surface area is 202 Å². The van der Waals surface area contributed by atoms with E-state index in [1.165, 1.54) is 5.56 Å². The van der Waals surface area contributed by atoms with E-state index in [4.69, 9.17) is 0 Å². The molecule has 1 aromatic carbocycles. The molecule has 1 saturated heterocycles. The molecular weight excluding hydrogens is 449 g/mol. The van der Waals surface area contributed by atoms with E-state index in [-0.39, 0.29) is 37.2 Å². The van der Waals surface area contributed by atoms with Gasteiger partial charge in [0.2, 0.25) is 11.8 Å². The smallest absolute Gasteiger partial charge is 0.394 e. The summed E-state index contributed by atoms with van der Waals surface area (Å²) in [4.78, 5) is 29.5. The summed E-state index contributed by atoms with van der Waals surface area (Å²) in [6.07, 6.45) is 6.25.